The molecule has 1 aromatic rings. The molecular weight excluding hydrogens is 250 g/mol. The highest BCUT2D eigenvalue weighted by molar-refractivity contribution is 5.77. The summed E-state index contributed by atoms with van der Waals surface area (Å²) in [5.74, 6) is -0.102. The lowest BCUT2D eigenvalue weighted by Crippen LogP contribution is -2.30. The first-order chi connectivity index (χ1) is 9.79. The second kappa shape index (κ2) is 8.02. The van der Waals surface area contributed by atoms with Crippen LogP contribution in [0.15, 0.2) is 24.3 Å². The Balaban J connectivity index is 1.97. The fourth-order valence-electron chi connectivity index (χ4n) is 2.69. The number of likely N-dealkylation sites (tertiary alicyclic amines) is 1. The molecule has 0 saturated carbocycles. The van der Waals surface area contributed by atoms with Crippen molar-refractivity contribution < 1.29 is 4.79 Å². The van der Waals surface area contributed by atoms with Gasteiger partial charge in [0.15, 0.2) is 0 Å². The van der Waals surface area contributed by atoms with Crippen molar-refractivity contribution >= 4 is 5.91 Å². The number of amides is 1. The lowest BCUT2D eigenvalue weighted by molar-refractivity contribution is -0.119. The summed E-state index contributed by atoms with van der Waals surface area (Å²) in [4.78, 5) is 13.8. The van der Waals surface area contributed by atoms with Crippen LogP contribution in [0.2, 0.25) is 0 Å². The molecule has 0 unspecified atom stereocenters. The summed E-state index contributed by atoms with van der Waals surface area (Å²) >= 11 is 0. The zero-order chi connectivity index (χ0) is 14.2. The van der Waals surface area contributed by atoms with Crippen molar-refractivity contribution in [3.8, 4) is 0 Å². The van der Waals surface area contributed by atoms with Crippen molar-refractivity contribution in [1.82, 2.24) is 10.2 Å². The van der Waals surface area contributed by atoms with Gasteiger partial charge < -0.3 is 11.1 Å². The number of carbonyl (C=O) groups is 1. The van der Waals surface area contributed by atoms with Crippen LogP contribution in [0.25, 0.3) is 0 Å². The number of nitrogens with two attached hydrogens (primary N) is 1. The minimum atomic E-state index is -0.102. The summed E-state index contributed by atoms with van der Waals surface area (Å²) in [6.07, 6.45) is 5.30. The molecule has 1 aliphatic rings. The fraction of sp³-hybridized carbons (Fsp3) is 0.562. The third-order valence-electron chi connectivity index (χ3n) is 3.87. The molecule has 0 bridgehead atoms. The Kier molecular flexibility index (Phi) is 6.02. The van der Waals surface area contributed by atoms with Gasteiger partial charge in [0.1, 0.15) is 0 Å². The van der Waals surface area contributed by atoms with Gasteiger partial charge in [-0.25, -0.2) is 0 Å². The molecule has 0 spiro atoms. The van der Waals surface area contributed by atoms with E-state index in [4.69, 9.17) is 5.73 Å². The van der Waals surface area contributed by atoms with Crippen LogP contribution in [-0.4, -0.2) is 30.4 Å². The SMILES string of the molecule is NCC(=O)NCc1ccccc1CN1CCCCCC1. The quantitative estimate of drug-likeness (QED) is 0.859. The predicted octanol–water partition coefficient (Wildman–Crippen LogP) is 1.64. The van der Waals surface area contributed by atoms with Crippen LogP contribution in [0, 0.1) is 0 Å². The van der Waals surface area contributed by atoms with Gasteiger partial charge in [-0.05, 0) is 37.1 Å². The summed E-state index contributed by atoms with van der Waals surface area (Å²) in [7, 11) is 0. The van der Waals surface area contributed by atoms with Crippen molar-refractivity contribution in [1.29, 1.82) is 0 Å². The van der Waals surface area contributed by atoms with E-state index in [2.05, 4.69) is 28.4 Å². The molecule has 110 valence electrons. The van der Waals surface area contributed by atoms with Gasteiger partial charge in [0.25, 0.3) is 0 Å². The van der Waals surface area contributed by atoms with Gasteiger partial charge in [-0.15, -0.1) is 0 Å². The van der Waals surface area contributed by atoms with Crippen LogP contribution in [0.5, 0.6) is 0 Å². The van der Waals surface area contributed by atoms with Crippen LogP contribution in [-0.2, 0) is 17.9 Å². The third kappa shape index (κ3) is 4.62. The molecule has 0 atom stereocenters. The predicted molar refractivity (Wildman–Crippen MR) is 81.1 cm³/mol. The van der Waals surface area contributed by atoms with Gasteiger partial charge >= 0.3 is 0 Å². The fourth-order valence-corrected chi connectivity index (χ4v) is 2.69. The Labute approximate surface area is 121 Å². The topological polar surface area (TPSA) is 58.4 Å². The molecule has 1 heterocycles. The Morgan fingerprint density at radius 1 is 1.10 bits per heavy atom. The molecule has 1 aromatic carbocycles. The number of carbonyl (C=O) groups excluding carboxylic acids is 1. The molecule has 20 heavy (non-hydrogen) atoms. The Morgan fingerprint density at radius 3 is 2.40 bits per heavy atom. The number of hydrogen-bond acceptors (Lipinski definition) is 3. The molecule has 4 nitrogen and oxygen atoms in total. The van der Waals surface area contributed by atoms with Crippen LogP contribution in [0.1, 0.15) is 36.8 Å². The van der Waals surface area contributed by atoms with E-state index in [1.54, 1.807) is 0 Å². The highest BCUT2D eigenvalue weighted by atomic mass is 16.1. The number of benzene rings is 1. The van der Waals surface area contributed by atoms with Gasteiger partial charge in [-0.1, -0.05) is 37.1 Å². The lowest BCUT2D eigenvalue weighted by atomic mass is 10.1. The van der Waals surface area contributed by atoms with Gasteiger partial charge in [-0.2, -0.15) is 0 Å². The van der Waals surface area contributed by atoms with E-state index in [9.17, 15) is 4.79 Å². The van der Waals surface area contributed by atoms with Crippen molar-refractivity contribution in [3.63, 3.8) is 0 Å². The third-order valence-corrected chi connectivity index (χ3v) is 3.87. The first-order valence-electron chi connectivity index (χ1n) is 7.55. The Bertz CT molecular complexity index is 425. The number of hydrogen-bond donors (Lipinski definition) is 2. The zero-order valence-corrected chi connectivity index (χ0v) is 12.1. The number of rotatable bonds is 5. The molecule has 1 fully saturated rings. The van der Waals surface area contributed by atoms with Crippen LogP contribution < -0.4 is 11.1 Å². The summed E-state index contributed by atoms with van der Waals surface area (Å²) in [5, 5.41) is 2.86. The van der Waals surface area contributed by atoms with Crippen molar-refractivity contribution in [2.24, 2.45) is 5.73 Å². The van der Waals surface area contributed by atoms with Gasteiger partial charge in [0, 0.05) is 13.1 Å². The molecule has 0 aliphatic carbocycles. The smallest absolute Gasteiger partial charge is 0.234 e. The van der Waals surface area contributed by atoms with E-state index < -0.39 is 0 Å². The van der Waals surface area contributed by atoms with E-state index in [1.165, 1.54) is 49.9 Å². The zero-order valence-electron chi connectivity index (χ0n) is 12.1. The summed E-state index contributed by atoms with van der Waals surface area (Å²) in [6.45, 7) is 3.97. The molecule has 3 N–H and O–H groups in total. The van der Waals surface area contributed by atoms with Crippen molar-refractivity contribution in [2.75, 3.05) is 19.6 Å². The standard InChI is InChI=1S/C16H25N3O/c17-11-16(20)18-12-14-7-3-4-8-15(14)13-19-9-5-1-2-6-10-19/h3-4,7-8H,1-2,5-6,9-13,17H2,(H,18,20). The van der Waals surface area contributed by atoms with E-state index in [-0.39, 0.29) is 12.5 Å². The molecule has 1 amide bonds. The van der Waals surface area contributed by atoms with E-state index >= 15 is 0 Å². The lowest BCUT2D eigenvalue weighted by Gasteiger charge is -2.21. The average Bonchev–Trinajstić information content (AvgIpc) is 2.74. The maximum atomic E-state index is 11.3. The maximum absolute atomic E-state index is 11.3. The van der Waals surface area contributed by atoms with Crippen LogP contribution >= 0.6 is 0 Å². The number of nitrogens with zero attached hydrogens (tertiary/aromatic N) is 1. The number of nitrogens with one attached hydrogen (secondary N) is 1. The van der Waals surface area contributed by atoms with Crippen molar-refractivity contribution in [3.05, 3.63) is 35.4 Å². The Morgan fingerprint density at radius 2 is 1.75 bits per heavy atom. The van der Waals surface area contributed by atoms with Gasteiger partial charge in [-0.3, -0.25) is 9.69 Å². The average molecular weight is 275 g/mol. The summed E-state index contributed by atoms with van der Waals surface area (Å²) < 4.78 is 0. The van der Waals surface area contributed by atoms with E-state index in [0.29, 0.717) is 6.54 Å². The molecule has 1 saturated heterocycles. The van der Waals surface area contributed by atoms with Crippen LogP contribution in [0.4, 0.5) is 0 Å². The highest BCUT2D eigenvalue weighted by Crippen LogP contribution is 2.16. The monoisotopic (exact) mass is 275 g/mol. The van der Waals surface area contributed by atoms with Gasteiger partial charge in [0.05, 0.1) is 6.54 Å². The minimum Gasteiger partial charge on any atom is -0.351 e. The second-order valence-electron chi connectivity index (χ2n) is 5.44. The summed E-state index contributed by atoms with van der Waals surface area (Å²) in [6, 6.07) is 8.34. The largest absolute Gasteiger partial charge is 0.351 e. The van der Waals surface area contributed by atoms with Gasteiger partial charge in [0.2, 0.25) is 5.91 Å². The Hall–Kier alpha value is -1.39. The first-order valence-corrected chi connectivity index (χ1v) is 7.55. The normalized spacial score (nSPS) is 16.6. The van der Waals surface area contributed by atoms with Crippen molar-refractivity contribution in [2.45, 2.75) is 38.8 Å². The summed E-state index contributed by atoms with van der Waals surface area (Å²) in [5.41, 5.74) is 7.83. The molecule has 0 radical (unpaired) electrons. The van der Waals surface area contributed by atoms with E-state index in [0.717, 1.165) is 6.54 Å². The molecule has 2 rings (SSSR count). The molecular formula is C16H25N3O. The first kappa shape index (κ1) is 15.0. The highest BCUT2D eigenvalue weighted by Gasteiger charge is 2.11. The van der Waals surface area contributed by atoms with E-state index in [1.807, 2.05) is 6.07 Å². The second-order valence-corrected chi connectivity index (χ2v) is 5.44. The molecule has 4 heteroatoms. The molecule has 1 aliphatic heterocycles. The molecule has 0 aromatic heterocycles. The minimum absolute atomic E-state index is 0.0499. The van der Waals surface area contributed by atoms with Crippen LogP contribution in [0.3, 0.4) is 0 Å². The maximum Gasteiger partial charge on any atom is 0.234 e.